The molecule has 0 saturated carbocycles. The average Bonchev–Trinajstić information content (AvgIpc) is 3.68. The number of hydrogen-bond acceptors (Lipinski definition) is 10. The molecule has 4 aromatic rings. The summed E-state index contributed by atoms with van der Waals surface area (Å²) in [6.45, 7) is 6.38. The van der Waals surface area contributed by atoms with Crippen LogP contribution in [0.4, 0.5) is 23.0 Å². The lowest BCUT2D eigenvalue weighted by atomic mass is 10.2. The average molecular weight is 648 g/mol. The van der Waals surface area contributed by atoms with E-state index in [1.165, 1.54) is 16.6 Å². The van der Waals surface area contributed by atoms with Crippen LogP contribution in [0, 0.1) is 0 Å². The Labute approximate surface area is 267 Å². The Kier molecular flexibility index (Phi) is 10.2. The number of nitrogens with one attached hydrogen (secondary N) is 3. The van der Waals surface area contributed by atoms with Crippen molar-refractivity contribution in [3.8, 4) is 11.6 Å². The number of ether oxygens (including phenoxy) is 2. The van der Waals surface area contributed by atoms with Crippen LogP contribution in [0.25, 0.3) is 11.0 Å². The molecule has 1 aliphatic rings. The number of benzene rings is 2. The molecule has 1 saturated heterocycles. The second-order valence-electron chi connectivity index (χ2n) is 10.9. The molecule has 1 amide bonds. The van der Waals surface area contributed by atoms with Crippen LogP contribution in [0.15, 0.2) is 73.4 Å². The molecule has 0 radical (unpaired) electrons. The first kappa shape index (κ1) is 32.4. The van der Waals surface area contributed by atoms with Crippen molar-refractivity contribution in [2.75, 3.05) is 35.3 Å². The molecule has 0 bridgehead atoms. The van der Waals surface area contributed by atoms with Crippen LogP contribution in [0.3, 0.4) is 0 Å². The van der Waals surface area contributed by atoms with Gasteiger partial charge in [0.1, 0.15) is 5.75 Å². The molecule has 3 heterocycles. The molecular formula is C32H37N7O6S. The molecule has 14 heteroatoms. The van der Waals surface area contributed by atoms with E-state index in [0.29, 0.717) is 47.7 Å². The first-order valence-electron chi connectivity index (χ1n) is 14.9. The van der Waals surface area contributed by atoms with Crippen molar-refractivity contribution in [1.29, 1.82) is 0 Å². The monoisotopic (exact) mass is 647 g/mol. The second kappa shape index (κ2) is 14.4. The summed E-state index contributed by atoms with van der Waals surface area (Å²) in [5, 5.41) is 9.92. The van der Waals surface area contributed by atoms with E-state index in [9.17, 15) is 18.0 Å². The van der Waals surface area contributed by atoms with Gasteiger partial charge in [0.2, 0.25) is 27.8 Å². The number of fused-ring (bicyclic) bond motifs is 1. The van der Waals surface area contributed by atoms with Gasteiger partial charge in [-0.25, -0.2) is 12.7 Å². The molecule has 2 aromatic heterocycles. The predicted molar refractivity (Wildman–Crippen MR) is 177 cm³/mol. The third kappa shape index (κ3) is 8.40. The van der Waals surface area contributed by atoms with Crippen LogP contribution in [0.2, 0.25) is 0 Å². The van der Waals surface area contributed by atoms with Crippen LogP contribution in [0.1, 0.15) is 32.6 Å². The third-order valence-corrected chi connectivity index (χ3v) is 8.59. The normalized spacial score (nSPS) is 15.0. The lowest BCUT2D eigenvalue weighted by Crippen LogP contribution is -2.30. The number of unbranched alkanes of at least 4 members (excludes halogenated alkanes) is 1. The highest BCUT2D eigenvalue weighted by atomic mass is 32.2. The van der Waals surface area contributed by atoms with Gasteiger partial charge < -0.3 is 25.4 Å². The van der Waals surface area contributed by atoms with Gasteiger partial charge in [0, 0.05) is 54.9 Å². The van der Waals surface area contributed by atoms with Gasteiger partial charge in [-0.2, -0.15) is 9.97 Å². The number of hydrogen-bond donors (Lipinski definition) is 3. The molecule has 0 aliphatic carbocycles. The van der Waals surface area contributed by atoms with Crippen LogP contribution in [-0.2, 0) is 31.1 Å². The number of sulfonamides is 1. The third-order valence-electron chi connectivity index (χ3n) is 7.32. The maximum atomic E-state index is 12.2. The molecule has 1 aliphatic heterocycles. The molecular weight excluding hydrogens is 610 g/mol. The van der Waals surface area contributed by atoms with Gasteiger partial charge in [0.05, 0.1) is 11.6 Å². The van der Waals surface area contributed by atoms with Crippen LogP contribution >= 0.6 is 0 Å². The standard InChI is InChI=1S/C32H37N7O6S/c1-4-6-10-29(41)44-21-38-17-16-27-30(38)36-32(37-31(27)45-26-9-7-8-24(19-26)34-28(40)5-2)35-23-13-11-22(12-14-23)33-25-15-18-39(20-25)46(3,42)43/h5,7-9,11-14,16-17,19,25,33H,2,4,6,10,15,18,20-21H2,1,3H3,(H,34,40)(H,35,36,37)/t25-/m0/s1. The highest BCUT2D eigenvalue weighted by molar-refractivity contribution is 7.88. The van der Waals surface area contributed by atoms with Gasteiger partial charge in [-0.15, -0.1) is 0 Å². The number of carbonyl (C=O) groups excluding carboxylic acids is 2. The van der Waals surface area contributed by atoms with E-state index in [1.54, 1.807) is 41.1 Å². The summed E-state index contributed by atoms with van der Waals surface area (Å²) in [5.41, 5.74) is 2.58. The van der Waals surface area contributed by atoms with Crippen LogP contribution in [-0.4, -0.2) is 64.5 Å². The Morgan fingerprint density at radius 3 is 2.59 bits per heavy atom. The van der Waals surface area contributed by atoms with E-state index in [-0.39, 0.29) is 36.5 Å². The Bertz CT molecular complexity index is 1820. The predicted octanol–water partition coefficient (Wildman–Crippen LogP) is 5.23. The summed E-state index contributed by atoms with van der Waals surface area (Å²) in [4.78, 5) is 33.3. The van der Waals surface area contributed by atoms with Crippen molar-refractivity contribution in [3.05, 3.63) is 73.4 Å². The number of aromatic nitrogens is 3. The SMILES string of the molecule is C=CC(=O)Nc1cccc(Oc2nc(Nc3ccc(N[C@H]4CCN(S(C)(=O)=O)C4)cc3)nc3c2ccn3COC(=O)CCCC)c1. The summed E-state index contributed by atoms with van der Waals surface area (Å²) in [7, 11) is -3.21. The lowest BCUT2D eigenvalue weighted by molar-refractivity contribution is -0.147. The van der Waals surface area contributed by atoms with E-state index in [2.05, 4.69) is 27.5 Å². The molecule has 1 fully saturated rings. The number of esters is 1. The fraction of sp³-hybridized carbons (Fsp3) is 0.312. The van der Waals surface area contributed by atoms with E-state index in [1.807, 2.05) is 31.2 Å². The zero-order valence-electron chi connectivity index (χ0n) is 25.7. The number of carbonyl (C=O) groups is 2. The number of nitrogens with zero attached hydrogens (tertiary/aromatic N) is 4. The highest BCUT2D eigenvalue weighted by Crippen LogP contribution is 2.32. The lowest BCUT2D eigenvalue weighted by Gasteiger charge is -2.16. The van der Waals surface area contributed by atoms with Crippen LogP contribution in [0.5, 0.6) is 11.6 Å². The maximum absolute atomic E-state index is 12.2. The molecule has 0 unspecified atom stereocenters. The Morgan fingerprint density at radius 2 is 1.87 bits per heavy atom. The molecule has 3 N–H and O–H groups in total. The smallest absolute Gasteiger partial charge is 0.307 e. The molecule has 1 atom stereocenters. The fourth-order valence-electron chi connectivity index (χ4n) is 4.91. The quantitative estimate of drug-likeness (QED) is 0.122. The summed E-state index contributed by atoms with van der Waals surface area (Å²) in [5.74, 6) is 0.297. The van der Waals surface area contributed by atoms with E-state index >= 15 is 0 Å². The van der Waals surface area contributed by atoms with Gasteiger partial charge in [0.25, 0.3) is 0 Å². The van der Waals surface area contributed by atoms with E-state index in [0.717, 1.165) is 24.9 Å². The topological polar surface area (TPSA) is 157 Å². The molecule has 2 aromatic carbocycles. The number of amides is 1. The number of rotatable bonds is 14. The van der Waals surface area contributed by atoms with Crippen molar-refractivity contribution in [2.24, 2.45) is 0 Å². The van der Waals surface area contributed by atoms with Gasteiger partial charge in [-0.3, -0.25) is 14.2 Å². The first-order valence-corrected chi connectivity index (χ1v) is 16.8. The second-order valence-corrected chi connectivity index (χ2v) is 12.9. The summed E-state index contributed by atoms with van der Waals surface area (Å²) >= 11 is 0. The highest BCUT2D eigenvalue weighted by Gasteiger charge is 2.28. The van der Waals surface area contributed by atoms with Gasteiger partial charge in [-0.05, 0) is 61.4 Å². The van der Waals surface area contributed by atoms with Crippen molar-refractivity contribution in [2.45, 2.75) is 45.4 Å². The first-order chi connectivity index (χ1) is 22.1. The molecule has 13 nitrogen and oxygen atoms in total. The molecule has 242 valence electrons. The fourth-order valence-corrected chi connectivity index (χ4v) is 5.80. The van der Waals surface area contributed by atoms with Crippen molar-refractivity contribution >= 4 is 55.9 Å². The largest absolute Gasteiger partial charge is 0.444 e. The zero-order valence-corrected chi connectivity index (χ0v) is 26.5. The molecule has 5 rings (SSSR count). The number of anilines is 4. The summed E-state index contributed by atoms with van der Waals surface area (Å²) < 4.78 is 38.6. The van der Waals surface area contributed by atoms with Crippen LogP contribution < -0.4 is 20.7 Å². The van der Waals surface area contributed by atoms with Crippen molar-refractivity contribution < 1.29 is 27.5 Å². The minimum absolute atomic E-state index is 0.0198. The maximum Gasteiger partial charge on any atom is 0.307 e. The van der Waals surface area contributed by atoms with Crippen molar-refractivity contribution in [3.63, 3.8) is 0 Å². The molecule has 0 spiro atoms. The summed E-state index contributed by atoms with van der Waals surface area (Å²) in [6, 6.07) is 16.2. The zero-order chi connectivity index (χ0) is 32.7. The summed E-state index contributed by atoms with van der Waals surface area (Å²) in [6.07, 6.45) is 6.86. The van der Waals surface area contributed by atoms with Gasteiger partial charge in [-0.1, -0.05) is 26.0 Å². The minimum atomic E-state index is -3.21. The minimum Gasteiger partial charge on any atom is -0.444 e. The van der Waals surface area contributed by atoms with E-state index in [4.69, 9.17) is 14.5 Å². The van der Waals surface area contributed by atoms with Crippen molar-refractivity contribution in [1.82, 2.24) is 18.8 Å². The Hall–Kier alpha value is -4.95. The van der Waals surface area contributed by atoms with E-state index < -0.39 is 10.0 Å². The van der Waals surface area contributed by atoms with Gasteiger partial charge >= 0.3 is 5.97 Å². The Balaban J connectivity index is 1.37. The molecule has 46 heavy (non-hydrogen) atoms. The Morgan fingerprint density at radius 1 is 1.09 bits per heavy atom. The van der Waals surface area contributed by atoms with Gasteiger partial charge in [0.15, 0.2) is 12.4 Å².